The Balaban J connectivity index is 2.67. The van der Waals surface area contributed by atoms with E-state index in [1.165, 1.54) is 11.3 Å². The molecular formula is C11H15Br2NO2S. The minimum absolute atomic E-state index is 0.0349. The molecule has 0 bridgehead atoms. The van der Waals surface area contributed by atoms with Crippen molar-refractivity contribution in [2.24, 2.45) is 5.92 Å². The lowest BCUT2D eigenvalue weighted by Gasteiger charge is -2.17. The molecule has 3 nitrogen and oxygen atoms in total. The van der Waals surface area contributed by atoms with Gasteiger partial charge < -0.3 is 10.4 Å². The highest BCUT2D eigenvalue weighted by Crippen LogP contribution is 2.31. The van der Waals surface area contributed by atoms with Crippen molar-refractivity contribution in [3.8, 4) is 0 Å². The first-order valence-electron chi connectivity index (χ1n) is 5.30. The first kappa shape index (κ1) is 15.1. The Morgan fingerprint density at radius 2 is 2.18 bits per heavy atom. The molecular weight excluding hydrogens is 370 g/mol. The van der Waals surface area contributed by atoms with Gasteiger partial charge in [0, 0.05) is 0 Å². The smallest absolute Gasteiger partial charge is 0.253 e. The Labute approximate surface area is 122 Å². The van der Waals surface area contributed by atoms with E-state index >= 15 is 0 Å². The third kappa shape index (κ3) is 4.69. The van der Waals surface area contributed by atoms with Crippen LogP contribution in [0.15, 0.2) is 13.6 Å². The van der Waals surface area contributed by atoms with E-state index in [4.69, 9.17) is 0 Å². The van der Waals surface area contributed by atoms with Crippen LogP contribution in [0.5, 0.6) is 0 Å². The van der Waals surface area contributed by atoms with Crippen molar-refractivity contribution in [1.82, 2.24) is 5.32 Å². The van der Waals surface area contributed by atoms with Crippen molar-refractivity contribution in [3.05, 3.63) is 19.2 Å². The third-order valence-corrected chi connectivity index (χ3v) is 4.55. The fourth-order valence-electron chi connectivity index (χ4n) is 1.51. The molecule has 2 N–H and O–H groups in total. The van der Waals surface area contributed by atoms with E-state index in [0.717, 1.165) is 14.0 Å². The summed E-state index contributed by atoms with van der Waals surface area (Å²) in [5.41, 5.74) is 0.601. The van der Waals surface area contributed by atoms with Crippen LogP contribution in [0.4, 0.5) is 0 Å². The van der Waals surface area contributed by atoms with Gasteiger partial charge >= 0.3 is 0 Å². The first-order valence-corrected chi connectivity index (χ1v) is 7.70. The summed E-state index contributed by atoms with van der Waals surface area (Å²) in [7, 11) is 0. The highest BCUT2D eigenvalue weighted by atomic mass is 79.9. The normalized spacial score (nSPS) is 12.8. The molecule has 1 amide bonds. The summed E-state index contributed by atoms with van der Waals surface area (Å²) in [5, 5.41) is 12.0. The molecule has 1 atom stereocenters. The van der Waals surface area contributed by atoms with Crippen LogP contribution in [0.1, 0.15) is 30.6 Å². The fraction of sp³-hybridized carbons (Fsp3) is 0.545. The number of amides is 1. The van der Waals surface area contributed by atoms with E-state index in [-0.39, 0.29) is 18.6 Å². The summed E-state index contributed by atoms with van der Waals surface area (Å²) in [5.74, 6) is 0.281. The van der Waals surface area contributed by atoms with Gasteiger partial charge in [0.05, 0.1) is 25.8 Å². The fourth-order valence-corrected chi connectivity index (χ4v) is 4.30. The SMILES string of the molecule is CC(C)CC(CO)NC(=O)c1cc(Br)sc1Br. The van der Waals surface area contributed by atoms with Gasteiger partial charge in [-0.1, -0.05) is 13.8 Å². The molecule has 0 saturated heterocycles. The second-order valence-electron chi connectivity index (χ2n) is 4.22. The van der Waals surface area contributed by atoms with Crippen LogP contribution in [0.25, 0.3) is 0 Å². The number of carbonyl (C=O) groups is 1. The van der Waals surface area contributed by atoms with Crippen LogP contribution in [-0.2, 0) is 0 Å². The minimum Gasteiger partial charge on any atom is -0.394 e. The molecule has 0 spiro atoms. The molecule has 0 aliphatic rings. The predicted octanol–water partition coefficient (Wildman–Crippen LogP) is 3.41. The van der Waals surface area contributed by atoms with Gasteiger partial charge in [-0.05, 0) is 50.3 Å². The molecule has 0 aromatic carbocycles. The van der Waals surface area contributed by atoms with Crippen LogP contribution >= 0.6 is 43.2 Å². The maximum absolute atomic E-state index is 12.0. The van der Waals surface area contributed by atoms with Gasteiger partial charge in [0.15, 0.2) is 0 Å². The van der Waals surface area contributed by atoms with Gasteiger partial charge in [-0.15, -0.1) is 11.3 Å². The van der Waals surface area contributed by atoms with E-state index in [9.17, 15) is 9.90 Å². The summed E-state index contributed by atoms with van der Waals surface area (Å²) >= 11 is 8.14. The monoisotopic (exact) mass is 383 g/mol. The number of halogens is 2. The summed E-state index contributed by atoms with van der Waals surface area (Å²) in [6.07, 6.45) is 0.769. The molecule has 1 unspecified atom stereocenters. The van der Waals surface area contributed by atoms with Crippen LogP contribution < -0.4 is 5.32 Å². The zero-order chi connectivity index (χ0) is 13.0. The molecule has 0 radical (unpaired) electrons. The highest BCUT2D eigenvalue weighted by molar-refractivity contribution is 9.12. The molecule has 1 aromatic rings. The van der Waals surface area contributed by atoms with Gasteiger partial charge in [0.25, 0.3) is 5.91 Å². The number of thiophene rings is 1. The van der Waals surface area contributed by atoms with Crippen LogP contribution in [0, 0.1) is 5.92 Å². The number of nitrogens with one attached hydrogen (secondary N) is 1. The zero-order valence-corrected chi connectivity index (χ0v) is 13.7. The van der Waals surface area contributed by atoms with Gasteiger partial charge in [-0.25, -0.2) is 0 Å². The average Bonchev–Trinajstić information content (AvgIpc) is 2.56. The lowest BCUT2D eigenvalue weighted by Crippen LogP contribution is -2.38. The van der Waals surface area contributed by atoms with E-state index in [1.54, 1.807) is 6.07 Å². The van der Waals surface area contributed by atoms with Crippen LogP contribution in [0.2, 0.25) is 0 Å². The first-order chi connectivity index (χ1) is 7.93. The van der Waals surface area contributed by atoms with Crippen LogP contribution in [0.3, 0.4) is 0 Å². The number of rotatable bonds is 5. The molecule has 0 saturated carbocycles. The standard InChI is InChI=1S/C11H15Br2NO2S/c1-6(2)3-7(5-15)14-11(16)8-4-9(12)17-10(8)13/h4,6-7,15H,3,5H2,1-2H3,(H,14,16). The van der Waals surface area contributed by atoms with Gasteiger partial charge in [0.1, 0.15) is 0 Å². The molecule has 1 rings (SSSR count). The van der Waals surface area contributed by atoms with E-state index in [1.807, 2.05) is 0 Å². The second kappa shape index (κ2) is 6.87. The van der Waals surface area contributed by atoms with Gasteiger partial charge in [-0.2, -0.15) is 0 Å². The zero-order valence-electron chi connectivity index (χ0n) is 9.67. The largest absolute Gasteiger partial charge is 0.394 e. The average molecular weight is 385 g/mol. The van der Waals surface area contributed by atoms with E-state index in [2.05, 4.69) is 51.0 Å². The van der Waals surface area contributed by atoms with Gasteiger partial charge in [0.2, 0.25) is 0 Å². The van der Waals surface area contributed by atoms with E-state index < -0.39 is 0 Å². The van der Waals surface area contributed by atoms with Crippen molar-refractivity contribution < 1.29 is 9.90 Å². The molecule has 0 fully saturated rings. The second-order valence-corrected chi connectivity index (χ2v) is 7.97. The number of hydrogen-bond donors (Lipinski definition) is 2. The Kier molecular flexibility index (Phi) is 6.12. The quantitative estimate of drug-likeness (QED) is 0.817. The molecule has 0 aliphatic carbocycles. The molecule has 1 aromatic heterocycles. The van der Waals surface area contributed by atoms with Crippen molar-refractivity contribution >= 4 is 49.1 Å². The predicted molar refractivity (Wildman–Crippen MR) is 77.5 cm³/mol. The van der Waals surface area contributed by atoms with Crippen LogP contribution in [-0.4, -0.2) is 23.7 Å². The number of hydrogen-bond acceptors (Lipinski definition) is 3. The maximum atomic E-state index is 12.0. The third-order valence-electron chi connectivity index (χ3n) is 2.21. The molecule has 1 heterocycles. The van der Waals surface area contributed by atoms with Crippen molar-refractivity contribution in [2.45, 2.75) is 26.3 Å². The Bertz CT molecular complexity index is 393. The lowest BCUT2D eigenvalue weighted by atomic mass is 10.0. The topological polar surface area (TPSA) is 49.3 Å². The Morgan fingerprint density at radius 1 is 1.53 bits per heavy atom. The number of carbonyl (C=O) groups excluding carboxylic acids is 1. The number of aliphatic hydroxyl groups is 1. The number of aliphatic hydroxyl groups excluding tert-OH is 1. The summed E-state index contributed by atoms with van der Waals surface area (Å²) in [4.78, 5) is 12.0. The van der Waals surface area contributed by atoms with E-state index in [0.29, 0.717) is 11.5 Å². The maximum Gasteiger partial charge on any atom is 0.253 e. The van der Waals surface area contributed by atoms with Crippen molar-refractivity contribution in [3.63, 3.8) is 0 Å². The molecule has 0 aliphatic heterocycles. The molecule has 17 heavy (non-hydrogen) atoms. The summed E-state index contributed by atoms with van der Waals surface area (Å²) in [6, 6.07) is 1.58. The Morgan fingerprint density at radius 3 is 2.59 bits per heavy atom. The van der Waals surface area contributed by atoms with Crippen molar-refractivity contribution in [2.75, 3.05) is 6.61 Å². The molecule has 6 heteroatoms. The van der Waals surface area contributed by atoms with Crippen molar-refractivity contribution in [1.29, 1.82) is 0 Å². The highest BCUT2D eigenvalue weighted by Gasteiger charge is 2.18. The summed E-state index contributed by atoms with van der Waals surface area (Å²) < 4.78 is 1.70. The summed E-state index contributed by atoms with van der Waals surface area (Å²) in [6.45, 7) is 4.09. The lowest BCUT2D eigenvalue weighted by molar-refractivity contribution is 0.0908. The Hall–Kier alpha value is 0.0900. The minimum atomic E-state index is -0.187. The molecule has 96 valence electrons. The van der Waals surface area contributed by atoms with Gasteiger partial charge in [-0.3, -0.25) is 4.79 Å².